The predicted molar refractivity (Wildman–Crippen MR) is 179 cm³/mol. The monoisotopic (exact) mass is 613 g/mol. The van der Waals surface area contributed by atoms with Gasteiger partial charge in [0.2, 0.25) is 5.91 Å². The fraction of sp³-hybridized carbons (Fsp3) is 0.639. The summed E-state index contributed by atoms with van der Waals surface area (Å²) in [5.74, 6) is -0.435. The summed E-state index contributed by atoms with van der Waals surface area (Å²) in [7, 11) is 0. The molecular formula is C36H59N3O5. The first-order valence-electron chi connectivity index (χ1n) is 16.7. The van der Waals surface area contributed by atoms with Crippen LogP contribution in [0.25, 0.3) is 0 Å². The van der Waals surface area contributed by atoms with Crippen molar-refractivity contribution >= 4 is 18.0 Å². The Hall–Kier alpha value is -2.97. The van der Waals surface area contributed by atoms with Crippen molar-refractivity contribution in [2.24, 2.45) is 11.8 Å². The molecule has 1 aliphatic rings. The van der Waals surface area contributed by atoms with Crippen LogP contribution in [-0.4, -0.2) is 91.2 Å². The number of hydrogen-bond acceptors (Lipinski definition) is 7. The third kappa shape index (κ3) is 14.2. The number of carbonyl (C=O) groups excluding carboxylic acids is 3. The molecule has 1 aromatic rings. The van der Waals surface area contributed by atoms with Crippen LogP contribution in [0, 0.1) is 11.8 Å². The molecule has 0 unspecified atom stereocenters. The molecule has 248 valence electrons. The van der Waals surface area contributed by atoms with E-state index in [1.165, 1.54) is 4.90 Å². The molecule has 0 spiro atoms. The first-order valence-corrected chi connectivity index (χ1v) is 16.7. The molecule has 1 saturated heterocycles. The van der Waals surface area contributed by atoms with Gasteiger partial charge >= 0.3 is 12.1 Å². The zero-order chi connectivity index (χ0) is 32.7. The van der Waals surface area contributed by atoms with Gasteiger partial charge in [-0.05, 0) is 96.7 Å². The zero-order valence-electron chi connectivity index (χ0n) is 28.2. The van der Waals surface area contributed by atoms with Gasteiger partial charge in [0, 0.05) is 5.92 Å². The average molecular weight is 614 g/mol. The minimum atomic E-state index is -0.515. The quantitative estimate of drug-likeness (QED) is 0.112. The van der Waals surface area contributed by atoms with Crippen LogP contribution >= 0.6 is 0 Å². The molecule has 0 bridgehead atoms. The molecule has 1 heterocycles. The summed E-state index contributed by atoms with van der Waals surface area (Å²) in [6.07, 6.45) is 8.60. The van der Waals surface area contributed by atoms with Gasteiger partial charge in [-0.1, -0.05) is 70.2 Å². The molecule has 0 radical (unpaired) electrons. The van der Waals surface area contributed by atoms with Crippen LogP contribution < -0.4 is 0 Å². The highest BCUT2D eigenvalue weighted by atomic mass is 16.6. The smallest absolute Gasteiger partial charge is 0.416 e. The Labute approximate surface area is 267 Å². The SMILES string of the molecule is C=CC[C@@H](CCCN(CC)CC)C(=O)N1C(=O)OC[C@@H]1Cc1ccccc1.C=CC[C@@H](CCCN(CC)CC)C(=O)OCC. The van der Waals surface area contributed by atoms with Gasteiger partial charge in [0.05, 0.1) is 18.6 Å². The van der Waals surface area contributed by atoms with Crippen LogP contribution in [-0.2, 0) is 25.5 Å². The number of amides is 2. The van der Waals surface area contributed by atoms with E-state index in [0.717, 1.165) is 76.9 Å². The Kier molecular flexibility index (Phi) is 20.8. The summed E-state index contributed by atoms with van der Waals surface area (Å²) in [6, 6.07) is 9.67. The van der Waals surface area contributed by atoms with Gasteiger partial charge in [-0.25, -0.2) is 9.69 Å². The second kappa shape index (κ2) is 23.4. The highest BCUT2D eigenvalue weighted by molar-refractivity contribution is 5.94. The standard InChI is InChI=1S/C22H32N2O3.C14H27NO2/c1-4-11-19(14-10-15-23(5-2)6-3)21(25)24-20(17-27-22(24)26)16-18-12-8-7-9-13-18;1-5-10-13(14(16)17-8-4)11-9-12-15(6-2)7-3/h4,7-9,12-13,19-20H,1,5-6,10-11,14-17H2,2-3H3;5,13H,1,6-12H2,2-4H3/t19-,20-;13-/m00/s1. The van der Waals surface area contributed by atoms with Crippen molar-refractivity contribution in [3.05, 3.63) is 61.2 Å². The number of rotatable bonds is 21. The lowest BCUT2D eigenvalue weighted by Crippen LogP contribution is -2.43. The van der Waals surface area contributed by atoms with Crippen molar-refractivity contribution in [1.29, 1.82) is 0 Å². The lowest BCUT2D eigenvalue weighted by molar-refractivity contribution is -0.148. The van der Waals surface area contributed by atoms with Crippen molar-refractivity contribution in [1.82, 2.24) is 14.7 Å². The lowest BCUT2D eigenvalue weighted by atomic mass is 9.96. The summed E-state index contributed by atoms with van der Waals surface area (Å²) < 4.78 is 10.3. The Morgan fingerprint density at radius 3 is 1.93 bits per heavy atom. The summed E-state index contributed by atoms with van der Waals surface area (Å²) in [5.41, 5.74) is 1.10. The number of allylic oxidation sites excluding steroid dienone is 2. The van der Waals surface area contributed by atoms with Gasteiger partial charge in [-0.2, -0.15) is 0 Å². The van der Waals surface area contributed by atoms with Crippen LogP contribution in [0.4, 0.5) is 4.79 Å². The summed E-state index contributed by atoms with van der Waals surface area (Å²) in [4.78, 5) is 43.1. The molecule has 2 amide bonds. The van der Waals surface area contributed by atoms with Gasteiger partial charge in [0.15, 0.2) is 0 Å². The summed E-state index contributed by atoms with van der Waals surface area (Å²) in [6.45, 7) is 24.9. The zero-order valence-corrected chi connectivity index (χ0v) is 28.2. The van der Waals surface area contributed by atoms with Crippen LogP contribution in [0.5, 0.6) is 0 Å². The topological polar surface area (TPSA) is 79.4 Å². The third-order valence-corrected chi connectivity index (χ3v) is 8.23. The molecule has 8 heteroatoms. The van der Waals surface area contributed by atoms with Crippen molar-refractivity contribution in [3.8, 4) is 0 Å². The number of benzene rings is 1. The Bertz CT molecular complexity index is 962. The van der Waals surface area contributed by atoms with E-state index in [0.29, 0.717) is 19.4 Å². The van der Waals surface area contributed by atoms with Gasteiger partial charge in [-0.3, -0.25) is 9.59 Å². The van der Waals surface area contributed by atoms with Gasteiger partial charge in [0.25, 0.3) is 0 Å². The first-order chi connectivity index (χ1) is 21.3. The van der Waals surface area contributed by atoms with Crippen LogP contribution in [0.1, 0.15) is 78.7 Å². The van der Waals surface area contributed by atoms with E-state index in [1.807, 2.05) is 37.3 Å². The van der Waals surface area contributed by atoms with Gasteiger partial charge < -0.3 is 19.3 Å². The first kappa shape index (κ1) is 39.1. The van der Waals surface area contributed by atoms with Gasteiger partial charge in [0.1, 0.15) is 6.61 Å². The molecule has 0 saturated carbocycles. The van der Waals surface area contributed by atoms with Crippen molar-refractivity contribution in [3.63, 3.8) is 0 Å². The maximum absolute atomic E-state index is 13.1. The average Bonchev–Trinajstić information content (AvgIpc) is 3.40. The second-order valence-electron chi connectivity index (χ2n) is 11.2. The van der Waals surface area contributed by atoms with Crippen LogP contribution in [0.3, 0.4) is 0 Å². The minimum Gasteiger partial charge on any atom is -0.466 e. The Morgan fingerprint density at radius 2 is 1.43 bits per heavy atom. The molecule has 8 nitrogen and oxygen atoms in total. The molecule has 0 aromatic heterocycles. The van der Waals surface area contributed by atoms with E-state index < -0.39 is 6.09 Å². The summed E-state index contributed by atoms with van der Waals surface area (Å²) >= 11 is 0. The van der Waals surface area contributed by atoms with E-state index >= 15 is 0 Å². The molecule has 44 heavy (non-hydrogen) atoms. The molecule has 1 fully saturated rings. The van der Waals surface area contributed by atoms with E-state index in [2.05, 4.69) is 50.7 Å². The van der Waals surface area contributed by atoms with E-state index in [4.69, 9.17) is 9.47 Å². The maximum atomic E-state index is 13.1. The van der Waals surface area contributed by atoms with Crippen molar-refractivity contribution < 1.29 is 23.9 Å². The van der Waals surface area contributed by atoms with Crippen molar-refractivity contribution in [2.45, 2.75) is 85.6 Å². The Morgan fingerprint density at radius 1 is 0.909 bits per heavy atom. The minimum absolute atomic E-state index is 0.0111. The molecule has 1 aliphatic heterocycles. The van der Waals surface area contributed by atoms with Crippen LogP contribution in [0.2, 0.25) is 0 Å². The number of ether oxygens (including phenoxy) is 2. The number of carbonyl (C=O) groups is 3. The highest BCUT2D eigenvalue weighted by Crippen LogP contribution is 2.24. The second-order valence-corrected chi connectivity index (χ2v) is 11.2. The number of nitrogens with zero attached hydrogens (tertiary/aromatic N) is 3. The van der Waals surface area contributed by atoms with E-state index in [-0.39, 0.29) is 36.4 Å². The number of imide groups is 1. The van der Waals surface area contributed by atoms with Gasteiger partial charge in [-0.15, -0.1) is 13.2 Å². The molecule has 0 aliphatic carbocycles. The fourth-order valence-electron chi connectivity index (χ4n) is 5.50. The number of cyclic esters (lactones) is 1. The van der Waals surface area contributed by atoms with E-state index in [1.54, 1.807) is 12.2 Å². The molecule has 2 rings (SSSR count). The molecular weight excluding hydrogens is 554 g/mol. The molecule has 0 N–H and O–H groups in total. The normalized spacial score (nSPS) is 15.8. The number of esters is 1. The third-order valence-electron chi connectivity index (χ3n) is 8.23. The lowest BCUT2D eigenvalue weighted by Gasteiger charge is -2.25. The van der Waals surface area contributed by atoms with Crippen molar-refractivity contribution in [2.75, 3.05) is 52.5 Å². The summed E-state index contributed by atoms with van der Waals surface area (Å²) in [5, 5.41) is 0. The maximum Gasteiger partial charge on any atom is 0.416 e. The highest BCUT2D eigenvalue weighted by Gasteiger charge is 2.40. The Balaban J connectivity index is 0.000000493. The predicted octanol–water partition coefficient (Wildman–Crippen LogP) is 6.75. The van der Waals surface area contributed by atoms with E-state index in [9.17, 15) is 14.4 Å². The molecule has 1 aromatic carbocycles. The largest absolute Gasteiger partial charge is 0.466 e. The fourth-order valence-corrected chi connectivity index (χ4v) is 5.50. The molecule has 3 atom stereocenters. The number of hydrogen-bond donors (Lipinski definition) is 0. The van der Waals surface area contributed by atoms with Crippen LogP contribution in [0.15, 0.2) is 55.6 Å².